The van der Waals surface area contributed by atoms with Gasteiger partial charge in [0.15, 0.2) is 0 Å². The van der Waals surface area contributed by atoms with Gasteiger partial charge in [0.2, 0.25) is 0 Å². The molecule has 2 atom stereocenters. The van der Waals surface area contributed by atoms with Crippen molar-refractivity contribution in [2.75, 3.05) is 47.1 Å². The molecule has 0 N–H and O–H groups in total. The predicted molar refractivity (Wildman–Crippen MR) is 92.8 cm³/mol. The first-order valence-electron chi connectivity index (χ1n) is 8.46. The van der Waals surface area contributed by atoms with E-state index in [-0.39, 0.29) is 11.3 Å². The number of fused-ring (bicyclic) bond motifs is 2. The van der Waals surface area contributed by atoms with Gasteiger partial charge in [0.25, 0.3) is 5.91 Å². The molecule has 6 heteroatoms. The molecule has 6 nitrogen and oxygen atoms in total. The van der Waals surface area contributed by atoms with Crippen LogP contribution in [0.25, 0.3) is 10.9 Å². The molecule has 0 saturated carbocycles. The molecule has 2 saturated heterocycles. The lowest BCUT2D eigenvalue weighted by molar-refractivity contribution is 0.0487. The number of hydrogen-bond acceptors (Lipinski definition) is 5. The van der Waals surface area contributed by atoms with Crippen LogP contribution in [0.1, 0.15) is 10.5 Å². The summed E-state index contributed by atoms with van der Waals surface area (Å²) in [5.74, 6) is 0.927. The minimum Gasteiger partial charge on any atom is -0.496 e. The van der Waals surface area contributed by atoms with E-state index in [9.17, 15) is 4.79 Å². The van der Waals surface area contributed by atoms with Crippen molar-refractivity contribution in [3.8, 4) is 5.75 Å². The third-order valence-corrected chi connectivity index (χ3v) is 5.36. The van der Waals surface area contributed by atoms with Gasteiger partial charge in [-0.05, 0) is 12.1 Å². The Hall–Kier alpha value is -2.18. The van der Waals surface area contributed by atoms with Gasteiger partial charge in [-0.15, -0.1) is 0 Å². The molecule has 3 heterocycles. The molecule has 2 aromatic rings. The second-order valence-electron chi connectivity index (χ2n) is 6.92. The van der Waals surface area contributed by atoms with E-state index in [4.69, 9.17) is 14.2 Å². The van der Waals surface area contributed by atoms with Gasteiger partial charge in [0, 0.05) is 43.0 Å². The van der Waals surface area contributed by atoms with Crippen LogP contribution in [-0.2, 0) is 9.47 Å². The minimum absolute atomic E-state index is 0.0612. The first kappa shape index (κ1) is 16.3. The van der Waals surface area contributed by atoms with Crippen molar-refractivity contribution in [1.29, 1.82) is 0 Å². The van der Waals surface area contributed by atoms with E-state index in [0.29, 0.717) is 50.3 Å². The number of pyridine rings is 1. The minimum atomic E-state index is -0.0919. The molecule has 0 bridgehead atoms. The Morgan fingerprint density at radius 3 is 3.04 bits per heavy atom. The highest BCUT2D eigenvalue weighted by molar-refractivity contribution is 5.97. The van der Waals surface area contributed by atoms with Gasteiger partial charge in [-0.1, -0.05) is 12.1 Å². The molecule has 4 rings (SSSR count). The van der Waals surface area contributed by atoms with E-state index in [1.54, 1.807) is 20.3 Å². The molecular formula is C19H22N2O4. The number of aromatic nitrogens is 1. The summed E-state index contributed by atoms with van der Waals surface area (Å²) in [5.41, 5.74) is 1.09. The lowest BCUT2D eigenvalue weighted by Gasteiger charge is -2.25. The summed E-state index contributed by atoms with van der Waals surface area (Å²) in [7, 11) is 3.31. The number of hydrogen-bond donors (Lipinski definition) is 0. The van der Waals surface area contributed by atoms with Crippen molar-refractivity contribution >= 4 is 16.8 Å². The Morgan fingerprint density at radius 2 is 2.24 bits per heavy atom. The Balaban J connectivity index is 1.65. The second kappa shape index (κ2) is 6.28. The van der Waals surface area contributed by atoms with Crippen molar-refractivity contribution in [2.45, 2.75) is 0 Å². The summed E-state index contributed by atoms with van der Waals surface area (Å²) in [6.07, 6.45) is 0. The summed E-state index contributed by atoms with van der Waals surface area (Å²) in [6.45, 7) is 3.25. The van der Waals surface area contributed by atoms with Crippen LogP contribution in [0.4, 0.5) is 0 Å². The maximum absolute atomic E-state index is 13.1. The monoisotopic (exact) mass is 342 g/mol. The van der Waals surface area contributed by atoms with E-state index in [1.807, 2.05) is 29.2 Å². The molecule has 0 radical (unpaired) electrons. The number of benzene rings is 1. The fourth-order valence-electron chi connectivity index (χ4n) is 4.06. The molecule has 0 spiro atoms. The van der Waals surface area contributed by atoms with E-state index < -0.39 is 0 Å². The fraction of sp³-hybridized carbons (Fsp3) is 0.474. The van der Waals surface area contributed by atoms with Crippen LogP contribution >= 0.6 is 0 Å². The Kier molecular flexibility index (Phi) is 4.09. The lowest BCUT2D eigenvalue weighted by atomic mass is 9.82. The van der Waals surface area contributed by atoms with Crippen LogP contribution < -0.4 is 4.74 Å². The van der Waals surface area contributed by atoms with Crippen molar-refractivity contribution in [2.24, 2.45) is 11.3 Å². The quantitative estimate of drug-likeness (QED) is 0.850. The summed E-state index contributed by atoms with van der Waals surface area (Å²) in [5, 5.41) is 0.907. The molecule has 1 amide bonds. The molecule has 1 aromatic carbocycles. The first-order chi connectivity index (χ1) is 12.2. The van der Waals surface area contributed by atoms with Crippen LogP contribution in [0, 0.1) is 11.3 Å². The highest BCUT2D eigenvalue weighted by Gasteiger charge is 2.52. The summed E-state index contributed by atoms with van der Waals surface area (Å²) >= 11 is 0. The number of para-hydroxylation sites is 1. The van der Waals surface area contributed by atoms with Crippen LogP contribution in [-0.4, -0.2) is 62.9 Å². The van der Waals surface area contributed by atoms with Gasteiger partial charge in [-0.3, -0.25) is 4.79 Å². The standard InChI is InChI=1S/C19H22N2O4/c1-23-11-19-10-21(8-13(19)9-25-12-19)18(22)16-7-17(24-2)14-5-3-4-6-15(14)20-16/h3-7,13H,8-12H2,1-2H3/t13-,19-/m0/s1. The van der Waals surface area contributed by atoms with Gasteiger partial charge in [-0.25, -0.2) is 4.98 Å². The molecule has 0 unspecified atom stereocenters. The lowest BCUT2D eigenvalue weighted by Crippen LogP contribution is -2.37. The van der Waals surface area contributed by atoms with E-state index in [2.05, 4.69) is 4.98 Å². The van der Waals surface area contributed by atoms with Crippen molar-refractivity contribution in [3.05, 3.63) is 36.0 Å². The number of amides is 1. The molecule has 1 aromatic heterocycles. The molecule has 25 heavy (non-hydrogen) atoms. The van der Waals surface area contributed by atoms with Crippen molar-refractivity contribution in [3.63, 3.8) is 0 Å². The number of methoxy groups -OCH3 is 2. The predicted octanol–water partition coefficient (Wildman–Crippen LogP) is 1.98. The number of nitrogens with zero attached hydrogens (tertiary/aromatic N) is 2. The Bertz CT molecular complexity index is 809. The summed E-state index contributed by atoms with van der Waals surface area (Å²) in [6, 6.07) is 9.42. The second-order valence-corrected chi connectivity index (χ2v) is 6.92. The van der Waals surface area contributed by atoms with Crippen molar-refractivity contribution < 1.29 is 19.0 Å². The third kappa shape index (κ3) is 2.65. The Labute approximate surface area is 146 Å². The zero-order valence-corrected chi connectivity index (χ0v) is 14.5. The van der Waals surface area contributed by atoms with Crippen molar-refractivity contribution in [1.82, 2.24) is 9.88 Å². The zero-order valence-electron chi connectivity index (χ0n) is 14.5. The average molecular weight is 342 g/mol. The van der Waals surface area contributed by atoms with E-state index in [1.165, 1.54) is 0 Å². The molecule has 2 aliphatic heterocycles. The number of carbonyl (C=O) groups is 1. The topological polar surface area (TPSA) is 60.9 Å². The van der Waals surface area contributed by atoms with Crippen LogP contribution in [0.5, 0.6) is 5.75 Å². The smallest absolute Gasteiger partial charge is 0.272 e. The van der Waals surface area contributed by atoms with E-state index in [0.717, 1.165) is 10.9 Å². The Morgan fingerprint density at radius 1 is 1.40 bits per heavy atom. The van der Waals surface area contributed by atoms with Gasteiger partial charge in [0.1, 0.15) is 11.4 Å². The SMILES string of the molecule is COC[C@@]12COC[C@@H]1CN(C(=O)c1cc(OC)c3ccccc3n1)C2. The fourth-order valence-corrected chi connectivity index (χ4v) is 4.06. The highest BCUT2D eigenvalue weighted by atomic mass is 16.5. The van der Waals surface area contributed by atoms with Crippen LogP contribution in [0.3, 0.4) is 0 Å². The number of rotatable bonds is 4. The molecule has 2 aliphatic rings. The van der Waals surface area contributed by atoms with Gasteiger partial charge < -0.3 is 19.1 Å². The molecule has 132 valence electrons. The molecule has 0 aliphatic carbocycles. The zero-order chi connectivity index (χ0) is 17.4. The van der Waals surface area contributed by atoms with E-state index >= 15 is 0 Å². The van der Waals surface area contributed by atoms with Gasteiger partial charge in [0.05, 0.1) is 32.4 Å². The maximum atomic E-state index is 13.1. The summed E-state index contributed by atoms with van der Waals surface area (Å²) in [4.78, 5) is 19.5. The number of likely N-dealkylation sites (tertiary alicyclic amines) is 1. The summed E-state index contributed by atoms with van der Waals surface area (Å²) < 4.78 is 16.5. The molecule has 2 fully saturated rings. The molecular weight excluding hydrogens is 320 g/mol. The number of carbonyl (C=O) groups excluding carboxylic acids is 1. The highest BCUT2D eigenvalue weighted by Crippen LogP contribution is 2.42. The van der Waals surface area contributed by atoms with Gasteiger partial charge >= 0.3 is 0 Å². The van der Waals surface area contributed by atoms with Gasteiger partial charge in [-0.2, -0.15) is 0 Å². The first-order valence-corrected chi connectivity index (χ1v) is 8.46. The number of ether oxygens (including phenoxy) is 3. The largest absolute Gasteiger partial charge is 0.496 e. The average Bonchev–Trinajstić information content (AvgIpc) is 3.17. The van der Waals surface area contributed by atoms with Crippen LogP contribution in [0.15, 0.2) is 30.3 Å². The normalized spacial score (nSPS) is 25.4. The maximum Gasteiger partial charge on any atom is 0.272 e. The third-order valence-electron chi connectivity index (χ3n) is 5.36. The van der Waals surface area contributed by atoms with Crippen LogP contribution in [0.2, 0.25) is 0 Å².